The van der Waals surface area contributed by atoms with Crippen LogP contribution in [0.4, 0.5) is 0 Å². The van der Waals surface area contributed by atoms with Crippen molar-refractivity contribution in [3.63, 3.8) is 0 Å². The summed E-state index contributed by atoms with van der Waals surface area (Å²) in [7, 11) is -3.44. The Morgan fingerprint density at radius 1 is 1.19 bits per heavy atom. The quantitative estimate of drug-likeness (QED) is 0.736. The van der Waals surface area contributed by atoms with Gasteiger partial charge in [-0.05, 0) is 44.0 Å². The van der Waals surface area contributed by atoms with Gasteiger partial charge in [0.2, 0.25) is 10.0 Å². The van der Waals surface area contributed by atoms with Gasteiger partial charge in [0.15, 0.2) is 0 Å². The van der Waals surface area contributed by atoms with Crippen LogP contribution in [0.15, 0.2) is 29.2 Å². The van der Waals surface area contributed by atoms with Crippen molar-refractivity contribution in [2.24, 2.45) is 0 Å². The van der Waals surface area contributed by atoms with Crippen molar-refractivity contribution in [1.82, 2.24) is 10.0 Å². The second kappa shape index (κ2) is 8.51. The minimum Gasteiger partial charge on any atom is -0.310 e. The molecule has 120 valence electrons. The van der Waals surface area contributed by atoms with Gasteiger partial charge in [-0.1, -0.05) is 39.3 Å². The summed E-state index contributed by atoms with van der Waals surface area (Å²) in [6.45, 7) is 9.00. The second-order valence-electron chi connectivity index (χ2n) is 5.37. The highest BCUT2D eigenvalue weighted by molar-refractivity contribution is 7.89. The predicted octanol–water partition coefficient (Wildman–Crippen LogP) is 3.21. The molecule has 1 rings (SSSR count). The molecule has 2 atom stereocenters. The Kier molecular flexibility index (Phi) is 7.35. The van der Waals surface area contributed by atoms with Crippen LogP contribution in [0.25, 0.3) is 0 Å². The lowest BCUT2D eigenvalue weighted by molar-refractivity contribution is 0.512. The van der Waals surface area contributed by atoms with Gasteiger partial charge in [-0.15, -0.1) is 0 Å². The highest BCUT2D eigenvalue weighted by atomic mass is 32.2. The first kappa shape index (κ1) is 18.1. The van der Waals surface area contributed by atoms with Crippen LogP contribution < -0.4 is 10.0 Å². The van der Waals surface area contributed by atoms with Crippen LogP contribution in [0.3, 0.4) is 0 Å². The van der Waals surface area contributed by atoms with Gasteiger partial charge in [0, 0.05) is 12.1 Å². The number of nitrogens with one attached hydrogen (secondary N) is 2. The van der Waals surface area contributed by atoms with E-state index in [2.05, 4.69) is 17.0 Å². The third kappa shape index (κ3) is 5.41. The van der Waals surface area contributed by atoms with Crippen molar-refractivity contribution < 1.29 is 8.42 Å². The van der Waals surface area contributed by atoms with E-state index in [0.29, 0.717) is 4.90 Å². The number of benzene rings is 1. The molecule has 0 aliphatic heterocycles. The van der Waals surface area contributed by atoms with E-state index in [1.165, 1.54) is 0 Å². The monoisotopic (exact) mass is 312 g/mol. The zero-order valence-corrected chi connectivity index (χ0v) is 14.3. The molecule has 0 amide bonds. The summed E-state index contributed by atoms with van der Waals surface area (Å²) in [6.07, 6.45) is 2.64. The molecule has 0 aromatic heterocycles. The first-order chi connectivity index (χ1) is 9.94. The summed E-state index contributed by atoms with van der Waals surface area (Å²) in [5, 5.41) is 3.30. The van der Waals surface area contributed by atoms with Crippen LogP contribution in [0, 0.1) is 0 Å². The van der Waals surface area contributed by atoms with E-state index in [-0.39, 0.29) is 12.1 Å². The fraction of sp³-hybridized carbons (Fsp3) is 0.625. The Labute approximate surface area is 129 Å². The fourth-order valence-corrected chi connectivity index (χ4v) is 3.77. The molecule has 4 nitrogen and oxygen atoms in total. The maximum absolute atomic E-state index is 12.5. The second-order valence-corrected chi connectivity index (χ2v) is 7.08. The van der Waals surface area contributed by atoms with E-state index in [1.807, 2.05) is 26.8 Å². The average Bonchev–Trinajstić information content (AvgIpc) is 2.47. The van der Waals surface area contributed by atoms with Crippen molar-refractivity contribution in [3.05, 3.63) is 29.8 Å². The molecule has 0 saturated heterocycles. The highest BCUT2D eigenvalue weighted by Crippen LogP contribution is 2.18. The Morgan fingerprint density at radius 3 is 2.48 bits per heavy atom. The lowest BCUT2D eigenvalue weighted by Crippen LogP contribution is -2.34. The standard InChI is InChI=1S/C16H28N2O2S/c1-5-9-15(6-2)18-21(19,20)16-11-8-10-14(12-16)13(4)17-7-3/h8,10-13,15,17-18H,5-7,9H2,1-4H3. The minimum absolute atomic E-state index is 0.00912. The van der Waals surface area contributed by atoms with Gasteiger partial charge >= 0.3 is 0 Å². The van der Waals surface area contributed by atoms with E-state index >= 15 is 0 Å². The van der Waals surface area contributed by atoms with Crippen molar-refractivity contribution in [2.45, 2.75) is 63.9 Å². The molecule has 1 aromatic rings. The molecule has 0 spiro atoms. The van der Waals surface area contributed by atoms with Crippen LogP contribution >= 0.6 is 0 Å². The van der Waals surface area contributed by atoms with Crippen LogP contribution in [0.2, 0.25) is 0 Å². The zero-order chi connectivity index (χ0) is 15.9. The van der Waals surface area contributed by atoms with E-state index in [1.54, 1.807) is 18.2 Å². The molecule has 0 saturated carbocycles. The molecule has 1 aromatic carbocycles. The molecule has 0 bridgehead atoms. The number of hydrogen-bond donors (Lipinski definition) is 2. The van der Waals surface area contributed by atoms with Gasteiger partial charge < -0.3 is 5.32 Å². The van der Waals surface area contributed by atoms with Gasteiger partial charge in [-0.3, -0.25) is 0 Å². The molecular formula is C16H28N2O2S. The SMILES string of the molecule is CCCC(CC)NS(=O)(=O)c1cccc(C(C)NCC)c1. The van der Waals surface area contributed by atoms with E-state index in [0.717, 1.165) is 31.4 Å². The molecule has 0 fully saturated rings. The Balaban J connectivity index is 2.95. The number of rotatable bonds is 9. The van der Waals surface area contributed by atoms with E-state index in [9.17, 15) is 8.42 Å². The van der Waals surface area contributed by atoms with Crippen molar-refractivity contribution >= 4 is 10.0 Å². The molecular weight excluding hydrogens is 284 g/mol. The van der Waals surface area contributed by atoms with Crippen molar-refractivity contribution in [2.75, 3.05) is 6.54 Å². The van der Waals surface area contributed by atoms with Crippen LogP contribution in [0.1, 0.15) is 58.6 Å². The largest absolute Gasteiger partial charge is 0.310 e. The van der Waals surface area contributed by atoms with Crippen molar-refractivity contribution in [1.29, 1.82) is 0 Å². The Morgan fingerprint density at radius 2 is 1.90 bits per heavy atom. The molecule has 5 heteroatoms. The molecule has 2 N–H and O–H groups in total. The van der Waals surface area contributed by atoms with Gasteiger partial charge in [-0.25, -0.2) is 13.1 Å². The van der Waals surface area contributed by atoms with Gasteiger partial charge in [0.05, 0.1) is 4.90 Å². The smallest absolute Gasteiger partial charge is 0.240 e. The Hall–Kier alpha value is -0.910. The summed E-state index contributed by atoms with van der Waals surface area (Å²) in [5.41, 5.74) is 0.989. The summed E-state index contributed by atoms with van der Waals surface area (Å²) in [5.74, 6) is 0. The lowest BCUT2D eigenvalue weighted by atomic mass is 10.1. The first-order valence-corrected chi connectivity index (χ1v) is 9.28. The first-order valence-electron chi connectivity index (χ1n) is 7.80. The van der Waals surface area contributed by atoms with E-state index < -0.39 is 10.0 Å². The van der Waals surface area contributed by atoms with Gasteiger partial charge in [0.1, 0.15) is 0 Å². The molecule has 2 unspecified atom stereocenters. The zero-order valence-electron chi connectivity index (χ0n) is 13.5. The number of hydrogen-bond acceptors (Lipinski definition) is 3. The summed E-state index contributed by atoms with van der Waals surface area (Å²) >= 11 is 0. The third-order valence-corrected chi connectivity index (χ3v) is 5.15. The summed E-state index contributed by atoms with van der Waals surface area (Å²) in [4.78, 5) is 0.347. The maximum atomic E-state index is 12.5. The molecule has 0 radical (unpaired) electrons. The molecule has 0 aliphatic rings. The topological polar surface area (TPSA) is 58.2 Å². The van der Waals surface area contributed by atoms with E-state index in [4.69, 9.17) is 0 Å². The summed E-state index contributed by atoms with van der Waals surface area (Å²) < 4.78 is 27.8. The molecule has 0 aliphatic carbocycles. The van der Waals surface area contributed by atoms with Crippen molar-refractivity contribution in [3.8, 4) is 0 Å². The molecule has 0 heterocycles. The maximum Gasteiger partial charge on any atom is 0.240 e. The number of sulfonamides is 1. The Bertz CT molecular complexity index is 529. The molecule has 21 heavy (non-hydrogen) atoms. The van der Waals surface area contributed by atoms with Crippen LogP contribution in [-0.4, -0.2) is 21.0 Å². The van der Waals surface area contributed by atoms with Gasteiger partial charge in [0.25, 0.3) is 0 Å². The van der Waals surface area contributed by atoms with Crippen LogP contribution in [0.5, 0.6) is 0 Å². The summed E-state index contributed by atoms with van der Waals surface area (Å²) in [6, 6.07) is 7.32. The normalized spacial score (nSPS) is 14.9. The third-order valence-electron chi connectivity index (χ3n) is 3.63. The predicted molar refractivity (Wildman–Crippen MR) is 87.8 cm³/mol. The fourth-order valence-electron chi connectivity index (χ4n) is 2.36. The van der Waals surface area contributed by atoms with Gasteiger partial charge in [-0.2, -0.15) is 0 Å². The average molecular weight is 312 g/mol. The highest BCUT2D eigenvalue weighted by Gasteiger charge is 2.19. The van der Waals surface area contributed by atoms with Crippen LogP contribution in [-0.2, 0) is 10.0 Å². The lowest BCUT2D eigenvalue weighted by Gasteiger charge is -2.18. The minimum atomic E-state index is -3.44.